The van der Waals surface area contributed by atoms with Gasteiger partial charge < -0.3 is 5.11 Å². The molecule has 15 heavy (non-hydrogen) atoms. The Bertz CT molecular complexity index is 404. The molecule has 0 aliphatic carbocycles. The fourth-order valence-corrected chi connectivity index (χ4v) is 1.49. The Morgan fingerprint density at radius 3 is 2.67 bits per heavy atom. The molecule has 0 fully saturated rings. The van der Waals surface area contributed by atoms with Gasteiger partial charge in [0.1, 0.15) is 11.8 Å². The molecule has 0 aliphatic rings. The number of pyridine rings is 1. The number of nitrogens with zero attached hydrogens (tertiary/aromatic N) is 2. The van der Waals surface area contributed by atoms with Crippen LogP contribution in [0.4, 0.5) is 8.78 Å². The monoisotopic (exact) mass is 232 g/mol. The van der Waals surface area contributed by atoms with E-state index in [4.69, 9.17) is 22.0 Å². The standard InChI is InChI=1S/C9H7ClF2N2O/c10-1-6-5(4-15)3-14-8(9(11)12)7(6)2-13/h3,9,15H,1,4H2. The largest absolute Gasteiger partial charge is 0.392 e. The number of nitriles is 1. The highest BCUT2D eigenvalue weighted by Gasteiger charge is 2.19. The molecule has 0 saturated heterocycles. The number of aliphatic hydroxyl groups is 1. The maximum Gasteiger partial charge on any atom is 0.281 e. The topological polar surface area (TPSA) is 56.9 Å². The van der Waals surface area contributed by atoms with Crippen molar-refractivity contribution in [1.29, 1.82) is 5.26 Å². The van der Waals surface area contributed by atoms with Gasteiger partial charge in [0, 0.05) is 17.6 Å². The van der Waals surface area contributed by atoms with Crippen molar-refractivity contribution >= 4 is 11.6 Å². The van der Waals surface area contributed by atoms with Gasteiger partial charge in [-0.25, -0.2) is 8.78 Å². The van der Waals surface area contributed by atoms with Crippen LogP contribution in [0.2, 0.25) is 0 Å². The van der Waals surface area contributed by atoms with E-state index in [0.29, 0.717) is 5.56 Å². The first-order chi connectivity index (χ1) is 7.15. The fraction of sp³-hybridized carbons (Fsp3) is 0.333. The summed E-state index contributed by atoms with van der Waals surface area (Å²) in [6.45, 7) is -0.382. The van der Waals surface area contributed by atoms with Gasteiger partial charge in [-0.2, -0.15) is 5.26 Å². The lowest BCUT2D eigenvalue weighted by Crippen LogP contribution is -2.04. The summed E-state index contributed by atoms with van der Waals surface area (Å²) >= 11 is 5.54. The minimum absolute atomic E-state index is 0.110. The SMILES string of the molecule is N#Cc1c(C(F)F)ncc(CO)c1CCl. The summed E-state index contributed by atoms with van der Waals surface area (Å²) in [4.78, 5) is 3.44. The van der Waals surface area contributed by atoms with Gasteiger partial charge in [-0.15, -0.1) is 11.6 Å². The van der Waals surface area contributed by atoms with Crippen LogP contribution in [0.5, 0.6) is 0 Å². The Kier molecular flexibility index (Phi) is 3.95. The second-order valence-corrected chi connectivity index (χ2v) is 2.99. The van der Waals surface area contributed by atoms with Crippen LogP contribution in [-0.4, -0.2) is 10.1 Å². The highest BCUT2D eigenvalue weighted by atomic mass is 35.5. The van der Waals surface area contributed by atoms with E-state index in [-0.39, 0.29) is 23.6 Å². The van der Waals surface area contributed by atoms with Crippen molar-refractivity contribution in [1.82, 2.24) is 4.98 Å². The van der Waals surface area contributed by atoms with Gasteiger partial charge in [0.05, 0.1) is 12.2 Å². The van der Waals surface area contributed by atoms with Crippen molar-refractivity contribution in [2.45, 2.75) is 18.9 Å². The molecule has 0 aromatic carbocycles. The number of halogens is 3. The zero-order valence-electron chi connectivity index (χ0n) is 7.54. The summed E-state index contributed by atoms with van der Waals surface area (Å²) in [7, 11) is 0. The van der Waals surface area contributed by atoms with Gasteiger partial charge in [0.25, 0.3) is 6.43 Å². The van der Waals surface area contributed by atoms with Crippen LogP contribution in [0.3, 0.4) is 0 Å². The van der Waals surface area contributed by atoms with Crippen LogP contribution in [-0.2, 0) is 12.5 Å². The van der Waals surface area contributed by atoms with Crippen molar-refractivity contribution in [3.63, 3.8) is 0 Å². The molecule has 1 aromatic rings. The third-order valence-electron chi connectivity index (χ3n) is 1.93. The third kappa shape index (κ3) is 2.22. The molecule has 6 heteroatoms. The van der Waals surface area contributed by atoms with Crippen LogP contribution in [0.25, 0.3) is 0 Å². The first-order valence-corrected chi connectivity index (χ1v) is 4.54. The second-order valence-electron chi connectivity index (χ2n) is 2.73. The maximum atomic E-state index is 12.4. The van der Waals surface area contributed by atoms with Crippen molar-refractivity contribution < 1.29 is 13.9 Å². The quantitative estimate of drug-likeness (QED) is 0.812. The van der Waals surface area contributed by atoms with Crippen LogP contribution < -0.4 is 0 Å². The van der Waals surface area contributed by atoms with E-state index >= 15 is 0 Å². The van der Waals surface area contributed by atoms with E-state index in [1.807, 2.05) is 0 Å². The molecule has 0 bridgehead atoms. The predicted octanol–water partition coefficient (Wildman–Crippen LogP) is 2.12. The molecule has 0 atom stereocenters. The van der Waals surface area contributed by atoms with Crippen LogP contribution in [0.15, 0.2) is 6.20 Å². The molecule has 0 amide bonds. The smallest absolute Gasteiger partial charge is 0.281 e. The predicted molar refractivity (Wildman–Crippen MR) is 49.4 cm³/mol. The highest BCUT2D eigenvalue weighted by molar-refractivity contribution is 6.17. The summed E-state index contributed by atoms with van der Waals surface area (Å²) in [6, 6.07) is 1.63. The normalized spacial score (nSPS) is 10.4. The average molecular weight is 233 g/mol. The summed E-state index contributed by atoms with van der Waals surface area (Å²) in [5, 5.41) is 17.6. The maximum absolute atomic E-state index is 12.4. The van der Waals surface area contributed by atoms with Crippen molar-refractivity contribution in [2.75, 3.05) is 0 Å². The second kappa shape index (κ2) is 5.01. The van der Waals surface area contributed by atoms with E-state index < -0.39 is 12.1 Å². The van der Waals surface area contributed by atoms with Gasteiger partial charge in [-0.05, 0) is 5.56 Å². The first-order valence-electron chi connectivity index (χ1n) is 4.01. The lowest BCUT2D eigenvalue weighted by Gasteiger charge is -2.09. The summed E-state index contributed by atoms with van der Waals surface area (Å²) in [6.07, 6.45) is -1.71. The molecule has 0 radical (unpaired) electrons. The lowest BCUT2D eigenvalue weighted by molar-refractivity contribution is 0.145. The minimum atomic E-state index is -2.82. The van der Waals surface area contributed by atoms with Gasteiger partial charge in [-0.3, -0.25) is 4.98 Å². The molecular formula is C9H7ClF2N2O. The Balaban J connectivity index is 3.43. The lowest BCUT2D eigenvalue weighted by atomic mass is 10.0. The van der Waals surface area contributed by atoms with Gasteiger partial charge >= 0.3 is 0 Å². The summed E-state index contributed by atoms with van der Waals surface area (Å²) < 4.78 is 24.9. The number of hydrogen-bond donors (Lipinski definition) is 1. The molecule has 1 heterocycles. The molecule has 0 saturated carbocycles. The fourth-order valence-electron chi connectivity index (χ4n) is 1.18. The zero-order valence-corrected chi connectivity index (χ0v) is 8.30. The molecular weight excluding hydrogens is 226 g/mol. The van der Waals surface area contributed by atoms with E-state index in [1.54, 1.807) is 6.07 Å². The highest BCUT2D eigenvalue weighted by Crippen LogP contribution is 2.26. The number of alkyl halides is 3. The van der Waals surface area contributed by atoms with Crippen molar-refractivity contribution in [2.24, 2.45) is 0 Å². The Morgan fingerprint density at radius 2 is 2.27 bits per heavy atom. The summed E-state index contributed by atoms with van der Waals surface area (Å²) in [5.74, 6) is -0.110. The van der Waals surface area contributed by atoms with Gasteiger partial charge in [-0.1, -0.05) is 0 Å². The average Bonchev–Trinajstić information content (AvgIpc) is 2.26. The molecule has 1 rings (SSSR count). The van der Waals surface area contributed by atoms with Gasteiger partial charge in [0.2, 0.25) is 0 Å². The Labute approximate surface area is 89.9 Å². The molecule has 0 aliphatic heterocycles. The molecule has 1 aromatic heterocycles. The molecule has 1 N–H and O–H groups in total. The number of hydrogen-bond acceptors (Lipinski definition) is 3. The summed E-state index contributed by atoms with van der Waals surface area (Å²) in [5.41, 5.74) is -0.324. The molecule has 3 nitrogen and oxygen atoms in total. The first kappa shape index (κ1) is 11.8. The molecule has 80 valence electrons. The Morgan fingerprint density at radius 1 is 1.60 bits per heavy atom. The van der Waals surface area contributed by atoms with E-state index in [9.17, 15) is 8.78 Å². The van der Waals surface area contributed by atoms with Crippen LogP contribution in [0, 0.1) is 11.3 Å². The third-order valence-corrected chi connectivity index (χ3v) is 2.19. The minimum Gasteiger partial charge on any atom is -0.392 e. The van der Waals surface area contributed by atoms with Crippen LogP contribution in [0.1, 0.15) is 28.8 Å². The molecule has 0 unspecified atom stereocenters. The number of aromatic nitrogens is 1. The number of rotatable bonds is 3. The molecule has 0 spiro atoms. The zero-order chi connectivity index (χ0) is 11.4. The van der Waals surface area contributed by atoms with Gasteiger partial charge in [0.15, 0.2) is 0 Å². The van der Waals surface area contributed by atoms with E-state index in [1.165, 1.54) is 0 Å². The van der Waals surface area contributed by atoms with E-state index in [2.05, 4.69) is 4.98 Å². The van der Waals surface area contributed by atoms with E-state index in [0.717, 1.165) is 6.20 Å². The van der Waals surface area contributed by atoms with Crippen molar-refractivity contribution in [3.05, 3.63) is 28.6 Å². The van der Waals surface area contributed by atoms with Crippen molar-refractivity contribution in [3.8, 4) is 6.07 Å². The van der Waals surface area contributed by atoms with Crippen LogP contribution >= 0.6 is 11.6 Å². The number of aliphatic hydroxyl groups excluding tert-OH is 1. The Hall–Kier alpha value is -1.25.